The number of anilines is 1. The largest absolute Gasteiger partial charge is 0.573 e. The monoisotopic (exact) mass is 269 g/mol. The third kappa shape index (κ3) is 2.54. The smallest absolute Gasteiger partial charge is 0.402 e. The Bertz CT molecular complexity index is 351. The molecule has 14 heavy (non-hydrogen) atoms. The third-order valence-corrected chi connectivity index (χ3v) is 2.21. The maximum Gasteiger partial charge on any atom is 0.573 e. The highest BCUT2D eigenvalue weighted by molar-refractivity contribution is 9.10. The summed E-state index contributed by atoms with van der Waals surface area (Å²) in [7, 11) is 0. The van der Waals surface area contributed by atoms with Gasteiger partial charge in [-0.05, 0) is 34.5 Å². The van der Waals surface area contributed by atoms with Crippen molar-refractivity contribution in [3.8, 4) is 5.75 Å². The fourth-order valence-electron chi connectivity index (χ4n) is 0.891. The van der Waals surface area contributed by atoms with Crippen LogP contribution in [0.2, 0.25) is 0 Å². The Hall–Kier alpha value is -0.910. The molecule has 78 valence electrons. The molecule has 1 rings (SSSR count). The zero-order valence-electron chi connectivity index (χ0n) is 7.15. The minimum absolute atomic E-state index is 0.0169. The van der Waals surface area contributed by atoms with E-state index in [2.05, 4.69) is 20.7 Å². The predicted molar refractivity (Wildman–Crippen MR) is 50.0 cm³/mol. The van der Waals surface area contributed by atoms with Crippen LogP contribution in [0.1, 0.15) is 5.56 Å². The molecule has 0 atom stereocenters. The lowest BCUT2D eigenvalue weighted by atomic mass is 10.2. The van der Waals surface area contributed by atoms with Crippen molar-refractivity contribution < 1.29 is 17.9 Å². The van der Waals surface area contributed by atoms with Gasteiger partial charge in [0.15, 0.2) is 5.75 Å². The SMILES string of the molecule is Cc1ccc(Br)c(OC(F)(F)F)c1N. The second kappa shape index (κ2) is 3.68. The quantitative estimate of drug-likeness (QED) is 0.795. The highest BCUT2D eigenvalue weighted by Crippen LogP contribution is 2.37. The second-order valence-electron chi connectivity index (χ2n) is 2.65. The van der Waals surface area contributed by atoms with Crippen LogP contribution < -0.4 is 10.5 Å². The first-order valence-corrected chi connectivity index (χ1v) is 4.41. The lowest BCUT2D eigenvalue weighted by Crippen LogP contribution is -2.18. The van der Waals surface area contributed by atoms with Crippen LogP contribution >= 0.6 is 15.9 Å². The van der Waals surface area contributed by atoms with Gasteiger partial charge in [-0.1, -0.05) is 6.07 Å². The molecule has 0 aliphatic rings. The molecule has 0 aliphatic heterocycles. The van der Waals surface area contributed by atoms with Gasteiger partial charge in [-0.2, -0.15) is 0 Å². The molecule has 0 heterocycles. The number of hydrogen-bond acceptors (Lipinski definition) is 2. The predicted octanol–water partition coefficient (Wildman–Crippen LogP) is 3.24. The lowest BCUT2D eigenvalue weighted by Gasteiger charge is -2.13. The number of halogens is 4. The van der Waals surface area contributed by atoms with Gasteiger partial charge in [0, 0.05) is 0 Å². The highest BCUT2D eigenvalue weighted by atomic mass is 79.9. The van der Waals surface area contributed by atoms with Crippen LogP contribution in [0.25, 0.3) is 0 Å². The van der Waals surface area contributed by atoms with E-state index in [1.54, 1.807) is 13.0 Å². The number of nitrogen functional groups attached to an aromatic ring is 1. The molecular weight excluding hydrogens is 263 g/mol. The van der Waals surface area contributed by atoms with E-state index in [0.717, 1.165) is 0 Å². The Kier molecular flexibility index (Phi) is 2.94. The molecule has 0 amide bonds. The summed E-state index contributed by atoms with van der Waals surface area (Å²) in [4.78, 5) is 0. The molecular formula is C8H7BrF3NO. The summed E-state index contributed by atoms with van der Waals surface area (Å²) in [5, 5.41) is 0. The molecule has 0 aromatic heterocycles. The van der Waals surface area contributed by atoms with Gasteiger partial charge in [-0.25, -0.2) is 0 Å². The van der Waals surface area contributed by atoms with Crippen molar-refractivity contribution in [2.45, 2.75) is 13.3 Å². The van der Waals surface area contributed by atoms with Gasteiger partial charge >= 0.3 is 6.36 Å². The lowest BCUT2D eigenvalue weighted by molar-refractivity contribution is -0.274. The van der Waals surface area contributed by atoms with Crippen molar-refractivity contribution in [3.05, 3.63) is 22.2 Å². The van der Waals surface area contributed by atoms with Crippen molar-refractivity contribution in [3.63, 3.8) is 0 Å². The third-order valence-electron chi connectivity index (χ3n) is 1.58. The number of ether oxygens (including phenoxy) is 1. The zero-order valence-corrected chi connectivity index (χ0v) is 8.74. The van der Waals surface area contributed by atoms with Crippen LogP contribution in [0.15, 0.2) is 16.6 Å². The van der Waals surface area contributed by atoms with Gasteiger partial charge in [0.25, 0.3) is 0 Å². The summed E-state index contributed by atoms with van der Waals surface area (Å²) in [5.41, 5.74) is 5.95. The zero-order chi connectivity index (χ0) is 10.9. The molecule has 0 unspecified atom stereocenters. The van der Waals surface area contributed by atoms with Gasteiger partial charge in [0.1, 0.15) is 0 Å². The molecule has 0 radical (unpaired) electrons. The van der Waals surface area contributed by atoms with Gasteiger partial charge < -0.3 is 10.5 Å². The first-order chi connectivity index (χ1) is 6.31. The van der Waals surface area contributed by atoms with E-state index < -0.39 is 12.1 Å². The number of benzene rings is 1. The molecule has 0 bridgehead atoms. The van der Waals surface area contributed by atoms with Crippen LogP contribution in [-0.4, -0.2) is 6.36 Å². The van der Waals surface area contributed by atoms with Crippen LogP contribution in [-0.2, 0) is 0 Å². The molecule has 0 fully saturated rings. The molecule has 0 aliphatic carbocycles. The average Bonchev–Trinajstić information content (AvgIpc) is 2.04. The molecule has 1 aromatic carbocycles. The first-order valence-electron chi connectivity index (χ1n) is 3.61. The fourth-order valence-corrected chi connectivity index (χ4v) is 1.32. The van der Waals surface area contributed by atoms with E-state index in [9.17, 15) is 13.2 Å². The molecule has 1 aromatic rings. The minimum atomic E-state index is -4.73. The Morgan fingerprint density at radius 2 is 1.93 bits per heavy atom. The highest BCUT2D eigenvalue weighted by Gasteiger charge is 2.33. The maximum atomic E-state index is 11.9. The van der Waals surface area contributed by atoms with E-state index >= 15 is 0 Å². The maximum absolute atomic E-state index is 11.9. The van der Waals surface area contributed by atoms with E-state index in [1.807, 2.05) is 0 Å². The Morgan fingerprint density at radius 1 is 1.36 bits per heavy atom. The number of hydrogen-bond donors (Lipinski definition) is 1. The summed E-state index contributed by atoms with van der Waals surface area (Å²) in [5.74, 6) is -0.391. The van der Waals surface area contributed by atoms with Gasteiger partial charge in [0.2, 0.25) is 0 Å². The molecule has 6 heteroatoms. The van der Waals surface area contributed by atoms with E-state index in [0.29, 0.717) is 5.56 Å². The fraction of sp³-hybridized carbons (Fsp3) is 0.250. The normalized spacial score (nSPS) is 11.5. The van der Waals surface area contributed by atoms with Gasteiger partial charge in [0.05, 0.1) is 10.2 Å². The van der Waals surface area contributed by atoms with Crippen molar-refractivity contribution in [1.82, 2.24) is 0 Å². The second-order valence-corrected chi connectivity index (χ2v) is 3.51. The number of alkyl halides is 3. The molecule has 0 saturated carbocycles. The van der Waals surface area contributed by atoms with Gasteiger partial charge in [-0.15, -0.1) is 13.2 Å². The van der Waals surface area contributed by atoms with Crippen molar-refractivity contribution in [1.29, 1.82) is 0 Å². The van der Waals surface area contributed by atoms with E-state index in [1.165, 1.54) is 6.07 Å². The number of aryl methyl sites for hydroxylation is 1. The number of nitrogens with two attached hydrogens (primary N) is 1. The van der Waals surface area contributed by atoms with Crippen molar-refractivity contribution >= 4 is 21.6 Å². The Morgan fingerprint density at radius 3 is 2.43 bits per heavy atom. The Balaban J connectivity index is 3.13. The molecule has 2 N–H and O–H groups in total. The van der Waals surface area contributed by atoms with Crippen molar-refractivity contribution in [2.24, 2.45) is 0 Å². The summed E-state index contributed by atoms with van der Waals surface area (Å²) in [6.07, 6.45) is -4.73. The number of rotatable bonds is 1. The van der Waals surface area contributed by atoms with E-state index in [4.69, 9.17) is 5.73 Å². The molecule has 2 nitrogen and oxygen atoms in total. The van der Waals surface area contributed by atoms with Crippen LogP contribution in [0.3, 0.4) is 0 Å². The first kappa shape index (κ1) is 11.2. The van der Waals surface area contributed by atoms with Crippen LogP contribution in [0.4, 0.5) is 18.9 Å². The summed E-state index contributed by atoms with van der Waals surface area (Å²) >= 11 is 2.93. The Labute approximate surface area is 87.0 Å². The average molecular weight is 270 g/mol. The summed E-state index contributed by atoms with van der Waals surface area (Å²) in [6, 6.07) is 3.05. The summed E-state index contributed by atoms with van der Waals surface area (Å²) < 4.78 is 39.8. The minimum Gasteiger partial charge on any atom is -0.402 e. The summed E-state index contributed by atoms with van der Waals surface area (Å²) in [6.45, 7) is 1.60. The van der Waals surface area contributed by atoms with Crippen LogP contribution in [0, 0.1) is 6.92 Å². The van der Waals surface area contributed by atoms with Crippen LogP contribution in [0.5, 0.6) is 5.75 Å². The van der Waals surface area contributed by atoms with Gasteiger partial charge in [-0.3, -0.25) is 0 Å². The topological polar surface area (TPSA) is 35.2 Å². The molecule has 0 saturated heterocycles. The van der Waals surface area contributed by atoms with Crippen molar-refractivity contribution in [2.75, 3.05) is 5.73 Å². The standard InChI is InChI=1S/C8H7BrF3NO/c1-4-2-3-5(9)7(6(4)13)14-8(10,11)12/h2-3H,13H2,1H3. The van der Waals surface area contributed by atoms with E-state index in [-0.39, 0.29) is 10.2 Å². The molecule has 0 spiro atoms.